The summed E-state index contributed by atoms with van der Waals surface area (Å²) in [7, 11) is 1.70. The molecule has 1 aromatic carbocycles. The van der Waals surface area contributed by atoms with Crippen LogP contribution >= 0.6 is 11.6 Å². The lowest BCUT2D eigenvalue weighted by atomic mass is 10.2. The van der Waals surface area contributed by atoms with Crippen molar-refractivity contribution in [3.05, 3.63) is 46.6 Å². The van der Waals surface area contributed by atoms with Crippen LogP contribution in [0, 0.1) is 0 Å². The summed E-state index contributed by atoms with van der Waals surface area (Å²) >= 11 is 6.06. The zero-order valence-electron chi connectivity index (χ0n) is 14.5. The van der Waals surface area contributed by atoms with Gasteiger partial charge in [0.05, 0.1) is 6.54 Å². The zero-order valence-corrected chi connectivity index (χ0v) is 15.3. The van der Waals surface area contributed by atoms with Gasteiger partial charge in [-0.05, 0) is 31.1 Å². The fraction of sp³-hybridized carbons (Fsp3) is 0.389. The Labute approximate surface area is 152 Å². The summed E-state index contributed by atoms with van der Waals surface area (Å²) in [6.45, 7) is 3.30. The third-order valence-electron chi connectivity index (χ3n) is 3.81. The van der Waals surface area contributed by atoms with Gasteiger partial charge in [-0.15, -0.1) is 0 Å². The number of nitrogens with zero attached hydrogens (tertiary/aromatic N) is 2. The van der Waals surface area contributed by atoms with Crippen LogP contribution in [0.3, 0.4) is 0 Å². The number of aliphatic imine (C=N–C) groups is 1. The molecule has 0 saturated carbocycles. The summed E-state index contributed by atoms with van der Waals surface area (Å²) in [4.78, 5) is 29.7. The molecule has 25 heavy (non-hydrogen) atoms. The van der Waals surface area contributed by atoms with Gasteiger partial charge in [0, 0.05) is 43.0 Å². The van der Waals surface area contributed by atoms with Crippen molar-refractivity contribution >= 4 is 29.3 Å². The van der Waals surface area contributed by atoms with Crippen LogP contribution in [0.15, 0.2) is 41.0 Å². The van der Waals surface area contributed by atoms with E-state index in [2.05, 4.69) is 15.6 Å². The van der Waals surface area contributed by atoms with Crippen LogP contribution in [0.5, 0.6) is 0 Å². The van der Waals surface area contributed by atoms with Gasteiger partial charge in [0.25, 0.3) is 0 Å². The Morgan fingerprint density at radius 3 is 2.76 bits per heavy atom. The fourth-order valence-electron chi connectivity index (χ4n) is 2.40. The molecule has 2 rings (SSSR count). The molecule has 2 N–H and O–H groups in total. The number of allylic oxidation sites excluding steroid dienone is 1. The van der Waals surface area contributed by atoms with E-state index in [9.17, 15) is 9.59 Å². The summed E-state index contributed by atoms with van der Waals surface area (Å²) in [5, 5.41) is 6.29. The van der Waals surface area contributed by atoms with Gasteiger partial charge >= 0.3 is 6.03 Å². The second kappa shape index (κ2) is 9.22. The van der Waals surface area contributed by atoms with Crippen LogP contribution in [-0.4, -0.2) is 42.7 Å². The lowest BCUT2D eigenvalue weighted by molar-refractivity contribution is -0.120. The third-order valence-corrected chi connectivity index (χ3v) is 4.18. The van der Waals surface area contributed by atoms with Crippen molar-refractivity contribution in [2.24, 2.45) is 4.99 Å². The van der Waals surface area contributed by atoms with E-state index in [-0.39, 0.29) is 11.9 Å². The SMILES string of the molecule is CC1=NCC(NC(=O)CCCN(C)C(=O)NCc2ccccc2Cl)=C1. The first-order valence-electron chi connectivity index (χ1n) is 8.19. The van der Waals surface area contributed by atoms with E-state index in [0.717, 1.165) is 17.0 Å². The molecule has 0 bridgehead atoms. The average Bonchev–Trinajstić information content (AvgIpc) is 2.98. The van der Waals surface area contributed by atoms with Crippen molar-refractivity contribution < 1.29 is 9.59 Å². The molecule has 3 amide bonds. The second-order valence-corrected chi connectivity index (χ2v) is 6.36. The summed E-state index contributed by atoms with van der Waals surface area (Å²) < 4.78 is 0. The molecule has 0 atom stereocenters. The summed E-state index contributed by atoms with van der Waals surface area (Å²) in [6, 6.07) is 7.19. The Morgan fingerprint density at radius 1 is 1.32 bits per heavy atom. The smallest absolute Gasteiger partial charge is 0.317 e. The highest BCUT2D eigenvalue weighted by Crippen LogP contribution is 2.14. The molecular formula is C18H23ClN4O2. The van der Waals surface area contributed by atoms with Crippen molar-refractivity contribution in [3.8, 4) is 0 Å². The Hall–Kier alpha value is -2.34. The minimum absolute atomic E-state index is 0.0546. The maximum Gasteiger partial charge on any atom is 0.317 e. The molecule has 7 heteroatoms. The van der Waals surface area contributed by atoms with Crippen molar-refractivity contribution in [2.45, 2.75) is 26.3 Å². The number of halogens is 1. The highest BCUT2D eigenvalue weighted by molar-refractivity contribution is 6.31. The van der Waals surface area contributed by atoms with Gasteiger partial charge in [-0.2, -0.15) is 0 Å². The van der Waals surface area contributed by atoms with Crippen LogP contribution in [0.2, 0.25) is 5.02 Å². The molecule has 1 aromatic rings. The molecule has 0 unspecified atom stereocenters. The quantitative estimate of drug-likeness (QED) is 0.782. The standard InChI is InChI=1S/C18H23ClN4O2/c1-13-10-15(12-20-13)22-17(24)8-5-9-23(2)18(25)21-11-14-6-3-4-7-16(14)19/h3-4,6-7,10H,5,8-9,11-12H2,1-2H3,(H,21,25)(H,22,24). The molecule has 1 aliphatic rings. The van der Waals surface area contributed by atoms with Crippen LogP contribution in [0.25, 0.3) is 0 Å². The maximum absolute atomic E-state index is 12.1. The maximum atomic E-state index is 12.1. The van der Waals surface area contributed by atoms with E-state index in [1.807, 2.05) is 31.2 Å². The molecule has 0 aliphatic carbocycles. The Balaban J connectivity index is 1.65. The first-order valence-corrected chi connectivity index (χ1v) is 8.57. The van der Waals surface area contributed by atoms with E-state index < -0.39 is 0 Å². The van der Waals surface area contributed by atoms with Crippen molar-refractivity contribution in [1.29, 1.82) is 0 Å². The number of urea groups is 1. The number of rotatable bonds is 7. The van der Waals surface area contributed by atoms with E-state index in [1.165, 1.54) is 0 Å². The molecule has 1 aliphatic heterocycles. The number of carbonyl (C=O) groups is 2. The molecule has 134 valence electrons. The molecule has 0 fully saturated rings. The minimum atomic E-state index is -0.192. The van der Waals surface area contributed by atoms with Gasteiger partial charge in [-0.1, -0.05) is 29.8 Å². The van der Waals surface area contributed by atoms with Gasteiger partial charge in [0.2, 0.25) is 5.91 Å². The Kier molecular flexibility index (Phi) is 7.01. The molecular weight excluding hydrogens is 340 g/mol. The van der Waals surface area contributed by atoms with Crippen LogP contribution < -0.4 is 10.6 Å². The Morgan fingerprint density at radius 2 is 2.08 bits per heavy atom. The first-order chi connectivity index (χ1) is 12.0. The largest absolute Gasteiger partial charge is 0.334 e. The number of hydrogen-bond donors (Lipinski definition) is 2. The summed E-state index contributed by atoms with van der Waals surface area (Å²) in [5.41, 5.74) is 2.62. The van der Waals surface area contributed by atoms with Crippen molar-refractivity contribution in [1.82, 2.24) is 15.5 Å². The van der Waals surface area contributed by atoms with E-state index in [4.69, 9.17) is 11.6 Å². The van der Waals surface area contributed by atoms with E-state index in [1.54, 1.807) is 18.0 Å². The summed E-state index contributed by atoms with van der Waals surface area (Å²) in [5.74, 6) is -0.0546. The fourth-order valence-corrected chi connectivity index (χ4v) is 2.60. The molecule has 0 saturated heterocycles. The highest BCUT2D eigenvalue weighted by atomic mass is 35.5. The van der Waals surface area contributed by atoms with Gasteiger partial charge in [0.15, 0.2) is 0 Å². The predicted octanol–water partition coefficient (Wildman–Crippen LogP) is 2.74. The minimum Gasteiger partial charge on any atom is -0.334 e. The van der Waals surface area contributed by atoms with Crippen molar-refractivity contribution in [3.63, 3.8) is 0 Å². The topological polar surface area (TPSA) is 73.8 Å². The molecule has 0 radical (unpaired) electrons. The number of nitrogens with one attached hydrogen (secondary N) is 2. The monoisotopic (exact) mass is 362 g/mol. The van der Waals surface area contributed by atoms with E-state index >= 15 is 0 Å². The van der Waals surface area contributed by atoms with E-state index in [0.29, 0.717) is 37.5 Å². The molecule has 1 heterocycles. The van der Waals surface area contributed by atoms with Gasteiger partial charge < -0.3 is 15.5 Å². The van der Waals surface area contributed by atoms with Gasteiger partial charge in [-0.3, -0.25) is 9.79 Å². The molecule has 6 nitrogen and oxygen atoms in total. The lowest BCUT2D eigenvalue weighted by Crippen LogP contribution is -2.37. The highest BCUT2D eigenvalue weighted by Gasteiger charge is 2.11. The van der Waals surface area contributed by atoms with Crippen molar-refractivity contribution in [2.75, 3.05) is 20.1 Å². The van der Waals surface area contributed by atoms with Gasteiger partial charge in [0.1, 0.15) is 0 Å². The zero-order chi connectivity index (χ0) is 18.2. The lowest BCUT2D eigenvalue weighted by Gasteiger charge is -2.18. The number of hydrogen-bond acceptors (Lipinski definition) is 3. The Bertz CT molecular complexity index is 700. The van der Waals surface area contributed by atoms with Crippen LogP contribution in [0.4, 0.5) is 4.79 Å². The summed E-state index contributed by atoms with van der Waals surface area (Å²) in [6.07, 6.45) is 2.82. The predicted molar refractivity (Wildman–Crippen MR) is 99.8 cm³/mol. The number of amides is 3. The second-order valence-electron chi connectivity index (χ2n) is 5.95. The third kappa shape index (κ3) is 6.23. The average molecular weight is 363 g/mol. The number of benzene rings is 1. The molecule has 0 spiro atoms. The van der Waals surface area contributed by atoms with Crippen LogP contribution in [0.1, 0.15) is 25.3 Å². The normalized spacial score (nSPS) is 13.1. The van der Waals surface area contributed by atoms with Gasteiger partial charge in [-0.25, -0.2) is 4.79 Å². The molecule has 0 aromatic heterocycles. The number of carbonyl (C=O) groups excluding carboxylic acids is 2. The van der Waals surface area contributed by atoms with Crippen LogP contribution in [-0.2, 0) is 11.3 Å². The first kappa shape index (κ1) is 19.0.